The lowest BCUT2D eigenvalue weighted by Crippen LogP contribution is -2.42. The molecule has 0 unspecified atom stereocenters. The summed E-state index contributed by atoms with van der Waals surface area (Å²) in [5.41, 5.74) is 3.73. The van der Waals surface area contributed by atoms with Gasteiger partial charge in [0.2, 0.25) is 0 Å². The van der Waals surface area contributed by atoms with E-state index >= 15 is 0 Å². The maximum Gasteiger partial charge on any atom is 0.338 e. The highest BCUT2D eigenvalue weighted by atomic mass is 35.5. The maximum atomic E-state index is 12.8. The van der Waals surface area contributed by atoms with Crippen LogP contribution in [0.5, 0.6) is 11.5 Å². The number of hydrogen-bond acceptors (Lipinski definition) is 5. The van der Waals surface area contributed by atoms with Crippen molar-refractivity contribution in [1.82, 2.24) is 5.32 Å². The summed E-state index contributed by atoms with van der Waals surface area (Å²) in [6, 6.07) is 23.5. The lowest BCUT2D eigenvalue weighted by atomic mass is 9.88. The van der Waals surface area contributed by atoms with Gasteiger partial charge in [0.1, 0.15) is 6.10 Å². The Kier molecular flexibility index (Phi) is 8.14. The minimum Gasteiger partial charge on any atom is -0.493 e. The largest absolute Gasteiger partial charge is 0.493 e. The predicted octanol–water partition coefficient (Wildman–Crippen LogP) is 5.10. The predicted molar refractivity (Wildman–Crippen MR) is 128 cm³/mol. The Labute approximate surface area is 195 Å². The lowest BCUT2D eigenvalue weighted by Gasteiger charge is -2.32. The molecular formula is C26H28ClNO4. The Balaban J connectivity index is 0.00000289. The molecular weight excluding hydrogens is 426 g/mol. The molecule has 1 aliphatic rings. The van der Waals surface area contributed by atoms with E-state index in [4.69, 9.17) is 14.2 Å². The number of ether oxygens (including phenoxy) is 3. The zero-order valence-corrected chi connectivity index (χ0v) is 19.1. The Bertz CT molecular complexity index is 1020. The standard InChI is InChI=1S/C26H27NO4.ClH/c1-29-23-13-12-21(16-24(23)30-2)18-8-10-20(11-9-18)26(28)31-25-17-27-15-14-22(25)19-6-4-3-5-7-19;/h3-13,16,22,25,27H,14-15,17H2,1-2H3;1H/t22-,25+;/m0./s1. The summed E-state index contributed by atoms with van der Waals surface area (Å²) in [6.07, 6.45) is 0.759. The first kappa shape index (κ1) is 23.6. The Morgan fingerprint density at radius 1 is 0.875 bits per heavy atom. The van der Waals surface area contributed by atoms with Crippen LogP contribution in [-0.2, 0) is 4.74 Å². The third-order valence-corrected chi connectivity index (χ3v) is 5.75. The molecule has 0 spiro atoms. The first-order chi connectivity index (χ1) is 15.2. The third-order valence-electron chi connectivity index (χ3n) is 5.75. The van der Waals surface area contributed by atoms with Crippen LogP contribution < -0.4 is 14.8 Å². The SMILES string of the molecule is COc1ccc(-c2ccc(C(=O)O[C@@H]3CNCC[C@H]3c3ccccc3)cc2)cc1OC.Cl. The molecule has 1 saturated heterocycles. The van der Waals surface area contributed by atoms with Crippen LogP contribution in [0.4, 0.5) is 0 Å². The third kappa shape index (κ3) is 5.23. The van der Waals surface area contributed by atoms with Gasteiger partial charge in [0, 0.05) is 12.5 Å². The van der Waals surface area contributed by atoms with Crippen molar-refractivity contribution < 1.29 is 19.0 Å². The molecule has 1 fully saturated rings. The van der Waals surface area contributed by atoms with Crippen LogP contribution in [0.1, 0.15) is 28.3 Å². The van der Waals surface area contributed by atoms with Crippen molar-refractivity contribution in [2.45, 2.75) is 18.4 Å². The van der Waals surface area contributed by atoms with Gasteiger partial charge in [-0.05, 0) is 53.9 Å². The molecule has 0 saturated carbocycles. The summed E-state index contributed by atoms with van der Waals surface area (Å²) < 4.78 is 16.6. The highest BCUT2D eigenvalue weighted by Gasteiger charge is 2.29. The van der Waals surface area contributed by atoms with Crippen molar-refractivity contribution in [3.8, 4) is 22.6 Å². The van der Waals surface area contributed by atoms with Crippen LogP contribution >= 0.6 is 12.4 Å². The number of halogens is 1. The minimum atomic E-state index is -0.298. The van der Waals surface area contributed by atoms with Gasteiger partial charge in [0.15, 0.2) is 11.5 Å². The monoisotopic (exact) mass is 453 g/mol. The number of rotatable bonds is 6. The zero-order valence-electron chi connectivity index (χ0n) is 18.2. The molecule has 168 valence electrons. The second kappa shape index (κ2) is 11.0. The van der Waals surface area contributed by atoms with Gasteiger partial charge < -0.3 is 19.5 Å². The van der Waals surface area contributed by atoms with Crippen LogP contribution in [0.2, 0.25) is 0 Å². The van der Waals surface area contributed by atoms with Gasteiger partial charge in [-0.15, -0.1) is 12.4 Å². The molecule has 3 aromatic carbocycles. The number of methoxy groups -OCH3 is 2. The van der Waals surface area contributed by atoms with Gasteiger partial charge in [-0.1, -0.05) is 48.5 Å². The average molecular weight is 454 g/mol. The van der Waals surface area contributed by atoms with E-state index in [1.807, 2.05) is 60.7 Å². The molecule has 4 rings (SSSR count). The number of carbonyl (C=O) groups is 1. The zero-order chi connectivity index (χ0) is 21.6. The summed E-state index contributed by atoms with van der Waals surface area (Å²) >= 11 is 0. The van der Waals surface area contributed by atoms with Crippen molar-refractivity contribution in [2.75, 3.05) is 27.3 Å². The van der Waals surface area contributed by atoms with Crippen molar-refractivity contribution >= 4 is 18.4 Å². The quantitative estimate of drug-likeness (QED) is 0.526. The number of piperidine rings is 1. The van der Waals surface area contributed by atoms with Crippen LogP contribution in [-0.4, -0.2) is 39.4 Å². The van der Waals surface area contributed by atoms with Crippen molar-refractivity contribution in [1.29, 1.82) is 0 Å². The smallest absolute Gasteiger partial charge is 0.338 e. The number of carbonyl (C=O) groups excluding carboxylic acids is 1. The van der Waals surface area contributed by atoms with Crippen LogP contribution in [0.15, 0.2) is 72.8 Å². The van der Waals surface area contributed by atoms with E-state index in [0.29, 0.717) is 23.6 Å². The topological polar surface area (TPSA) is 56.8 Å². The minimum absolute atomic E-state index is 0. The molecule has 1 N–H and O–H groups in total. The van der Waals surface area contributed by atoms with Gasteiger partial charge in [0.25, 0.3) is 0 Å². The highest BCUT2D eigenvalue weighted by Crippen LogP contribution is 2.33. The first-order valence-corrected chi connectivity index (χ1v) is 10.5. The molecule has 0 bridgehead atoms. The van der Waals surface area contributed by atoms with Crippen LogP contribution in [0.25, 0.3) is 11.1 Å². The summed E-state index contributed by atoms with van der Waals surface area (Å²) in [5.74, 6) is 1.26. The molecule has 2 atom stereocenters. The number of esters is 1. The number of nitrogens with one attached hydrogen (secondary N) is 1. The highest BCUT2D eigenvalue weighted by molar-refractivity contribution is 5.90. The van der Waals surface area contributed by atoms with E-state index in [9.17, 15) is 4.79 Å². The average Bonchev–Trinajstić information content (AvgIpc) is 2.84. The Morgan fingerprint density at radius 2 is 1.56 bits per heavy atom. The van der Waals surface area contributed by atoms with Gasteiger partial charge in [-0.25, -0.2) is 4.79 Å². The normalized spacial score (nSPS) is 17.7. The molecule has 6 heteroatoms. The second-order valence-corrected chi connectivity index (χ2v) is 7.60. The molecule has 32 heavy (non-hydrogen) atoms. The Hall–Kier alpha value is -3.02. The summed E-state index contributed by atoms with van der Waals surface area (Å²) in [7, 11) is 3.23. The van der Waals surface area contributed by atoms with E-state index in [1.54, 1.807) is 14.2 Å². The Morgan fingerprint density at radius 3 is 2.25 bits per heavy atom. The molecule has 1 aliphatic heterocycles. The fourth-order valence-electron chi connectivity index (χ4n) is 4.06. The van der Waals surface area contributed by atoms with Crippen LogP contribution in [0, 0.1) is 0 Å². The fourth-order valence-corrected chi connectivity index (χ4v) is 4.06. The van der Waals surface area contributed by atoms with Gasteiger partial charge in [-0.3, -0.25) is 0 Å². The van der Waals surface area contributed by atoms with E-state index in [2.05, 4.69) is 17.4 Å². The van der Waals surface area contributed by atoms with Gasteiger partial charge in [0.05, 0.1) is 19.8 Å². The van der Waals surface area contributed by atoms with Gasteiger partial charge in [-0.2, -0.15) is 0 Å². The first-order valence-electron chi connectivity index (χ1n) is 10.5. The number of benzene rings is 3. The number of hydrogen-bond donors (Lipinski definition) is 1. The summed E-state index contributed by atoms with van der Waals surface area (Å²) in [4.78, 5) is 12.8. The van der Waals surface area contributed by atoms with E-state index in [0.717, 1.165) is 24.1 Å². The van der Waals surface area contributed by atoms with Gasteiger partial charge >= 0.3 is 5.97 Å². The summed E-state index contributed by atoms with van der Waals surface area (Å²) in [6.45, 7) is 1.59. The van der Waals surface area contributed by atoms with E-state index in [-0.39, 0.29) is 30.4 Å². The second-order valence-electron chi connectivity index (χ2n) is 7.60. The van der Waals surface area contributed by atoms with Crippen molar-refractivity contribution in [3.05, 3.63) is 83.9 Å². The maximum absolute atomic E-state index is 12.8. The molecule has 3 aromatic rings. The fraction of sp³-hybridized carbons (Fsp3) is 0.269. The molecule has 5 nitrogen and oxygen atoms in total. The molecule has 0 radical (unpaired) electrons. The van der Waals surface area contributed by atoms with Crippen LogP contribution in [0.3, 0.4) is 0 Å². The van der Waals surface area contributed by atoms with E-state index in [1.165, 1.54) is 5.56 Å². The molecule has 0 amide bonds. The summed E-state index contributed by atoms with van der Waals surface area (Å²) in [5, 5.41) is 3.34. The van der Waals surface area contributed by atoms with Crippen molar-refractivity contribution in [3.63, 3.8) is 0 Å². The van der Waals surface area contributed by atoms with E-state index < -0.39 is 0 Å². The lowest BCUT2D eigenvalue weighted by molar-refractivity contribution is 0.0182. The molecule has 1 heterocycles. The molecule has 0 aliphatic carbocycles. The molecule has 0 aromatic heterocycles. The van der Waals surface area contributed by atoms with Crippen molar-refractivity contribution in [2.24, 2.45) is 0 Å².